The molecule has 1 aliphatic carbocycles. The summed E-state index contributed by atoms with van der Waals surface area (Å²) >= 11 is 5.42. The van der Waals surface area contributed by atoms with Gasteiger partial charge >= 0.3 is 6.18 Å². The zero-order valence-corrected chi connectivity index (χ0v) is 19.4. The van der Waals surface area contributed by atoms with Crippen LogP contribution in [0.15, 0.2) is 36.4 Å². The first kappa shape index (κ1) is 23.3. The second-order valence-electron chi connectivity index (χ2n) is 8.37. The molecule has 0 amide bonds. The molecule has 1 fully saturated rings. The molecule has 0 aliphatic heterocycles. The van der Waals surface area contributed by atoms with Gasteiger partial charge in [-0.1, -0.05) is 30.3 Å². The summed E-state index contributed by atoms with van der Waals surface area (Å²) in [4.78, 5) is 0. The van der Waals surface area contributed by atoms with E-state index in [-0.39, 0.29) is 5.92 Å². The van der Waals surface area contributed by atoms with Gasteiger partial charge in [0.05, 0.1) is 23.6 Å². The maximum Gasteiger partial charge on any atom is 0.435 e. The van der Waals surface area contributed by atoms with Crippen molar-refractivity contribution in [2.75, 3.05) is 11.9 Å². The number of alkyl halides is 3. The zero-order valence-electron chi connectivity index (χ0n) is 18.6. The molecule has 1 aliphatic rings. The molecule has 0 spiro atoms. The van der Waals surface area contributed by atoms with Crippen LogP contribution in [0.4, 0.5) is 18.9 Å². The van der Waals surface area contributed by atoms with Gasteiger partial charge in [0.15, 0.2) is 10.8 Å². The average Bonchev–Trinajstić information content (AvgIpc) is 3.46. The fourth-order valence-electron chi connectivity index (χ4n) is 3.83. The first-order valence-electron chi connectivity index (χ1n) is 11.0. The molecule has 0 atom stereocenters. The van der Waals surface area contributed by atoms with Crippen LogP contribution in [0.3, 0.4) is 0 Å². The lowest BCUT2D eigenvalue weighted by Gasteiger charge is -2.12. The molecule has 6 nitrogen and oxygen atoms in total. The number of nitrogens with one attached hydrogen (secondary N) is 2. The molecule has 0 unspecified atom stereocenters. The lowest BCUT2D eigenvalue weighted by molar-refractivity contribution is -0.141. The van der Waals surface area contributed by atoms with Crippen LogP contribution in [0.5, 0.6) is 0 Å². The van der Waals surface area contributed by atoms with E-state index in [9.17, 15) is 13.2 Å². The highest BCUT2D eigenvalue weighted by atomic mass is 32.1. The number of halogens is 3. The van der Waals surface area contributed by atoms with E-state index in [1.807, 2.05) is 36.7 Å². The molecule has 1 aromatic carbocycles. The van der Waals surface area contributed by atoms with E-state index in [4.69, 9.17) is 12.2 Å². The minimum absolute atomic E-state index is 0.197. The molecule has 4 rings (SSSR count). The van der Waals surface area contributed by atoms with Crippen molar-refractivity contribution >= 4 is 23.0 Å². The Morgan fingerprint density at radius 1 is 1.12 bits per heavy atom. The maximum absolute atomic E-state index is 13.0. The second kappa shape index (κ2) is 9.54. The normalized spacial score (nSPS) is 13.8. The molecule has 176 valence electrons. The van der Waals surface area contributed by atoms with Crippen LogP contribution < -0.4 is 10.6 Å². The van der Waals surface area contributed by atoms with Crippen LogP contribution >= 0.6 is 12.2 Å². The number of nitrogens with zero attached hydrogens (tertiary/aromatic N) is 4. The third kappa shape index (κ3) is 5.73. The molecule has 0 bridgehead atoms. The Labute approximate surface area is 196 Å². The predicted molar refractivity (Wildman–Crippen MR) is 125 cm³/mol. The number of aryl methyl sites for hydroxylation is 2. The van der Waals surface area contributed by atoms with Crippen LogP contribution in [-0.4, -0.2) is 31.2 Å². The summed E-state index contributed by atoms with van der Waals surface area (Å²) < 4.78 is 42.5. The molecule has 10 heteroatoms. The van der Waals surface area contributed by atoms with E-state index >= 15 is 0 Å². The van der Waals surface area contributed by atoms with Gasteiger partial charge < -0.3 is 10.6 Å². The zero-order chi connectivity index (χ0) is 23.6. The molecular weight excluding hydrogens is 449 g/mol. The second-order valence-corrected chi connectivity index (χ2v) is 8.78. The average molecular weight is 477 g/mol. The number of benzene rings is 1. The highest BCUT2D eigenvalue weighted by Gasteiger charge is 2.37. The van der Waals surface area contributed by atoms with Crippen molar-refractivity contribution in [1.29, 1.82) is 0 Å². The SMILES string of the molecule is Cc1nn(Cc2ccccc2)c(C)c1NC(=S)NCCCn1nc(C(F)(F)F)cc1C1CC1. The topological polar surface area (TPSA) is 59.7 Å². The Hall–Kier alpha value is -2.88. The fraction of sp³-hybridized carbons (Fsp3) is 0.435. The summed E-state index contributed by atoms with van der Waals surface area (Å²) in [6.45, 7) is 5.51. The van der Waals surface area contributed by atoms with Crippen molar-refractivity contribution in [3.63, 3.8) is 0 Å². The highest BCUT2D eigenvalue weighted by molar-refractivity contribution is 7.80. The Balaban J connectivity index is 1.30. The van der Waals surface area contributed by atoms with Gasteiger partial charge in [-0.15, -0.1) is 0 Å². The quantitative estimate of drug-likeness (QED) is 0.353. The number of thiocarbonyl (C=S) groups is 1. The molecule has 0 saturated heterocycles. The van der Waals surface area contributed by atoms with Crippen molar-refractivity contribution < 1.29 is 13.2 Å². The number of hydrogen-bond acceptors (Lipinski definition) is 3. The van der Waals surface area contributed by atoms with Crippen LogP contribution in [-0.2, 0) is 19.3 Å². The van der Waals surface area contributed by atoms with E-state index in [2.05, 4.69) is 33.0 Å². The lowest BCUT2D eigenvalue weighted by Crippen LogP contribution is -2.30. The van der Waals surface area contributed by atoms with Crippen LogP contribution in [0.2, 0.25) is 0 Å². The first-order chi connectivity index (χ1) is 15.7. The third-order valence-corrected chi connectivity index (χ3v) is 5.97. The molecule has 3 aromatic rings. The van der Waals surface area contributed by atoms with E-state index in [1.165, 1.54) is 10.7 Å². The summed E-state index contributed by atoms with van der Waals surface area (Å²) in [7, 11) is 0. The number of rotatable bonds is 8. The smallest absolute Gasteiger partial charge is 0.362 e. The van der Waals surface area contributed by atoms with Gasteiger partial charge in [0.1, 0.15) is 0 Å². The van der Waals surface area contributed by atoms with Gasteiger partial charge in [-0.2, -0.15) is 23.4 Å². The van der Waals surface area contributed by atoms with Crippen molar-refractivity contribution in [3.8, 4) is 0 Å². The molecular formula is C23H27F3N6S. The molecule has 33 heavy (non-hydrogen) atoms. The Morgan fingerprint density at radius 3 is 2.52 bits per heavy atom. The number of aromatic nitrogens is 4. The standard InChI is InChI=1S/C23H27F3N6S/c1-15-21(16(2)32(29-15)14-17-7-4-3-5-8-17)28-22(33)27-11-6-12-31-19(18-9-10-18)13-20(30-31)23(24,25)26/h3-5,7-8,13,18H,6,9-12,14H2,1-2H3,(H2,27,28,33). The van der Waals surface area contributed by atoms with Crippen molar-refractivity contribution in [1.82, 2.24) is 24.9 Å². The van der Waals surface area contributed by atoms with E-state index < -0.39 is 11.9 Å². The maximum atomic E-state index is 13.0. The van der Waals surface area contributed by atoms with Gasteiger partial charge in [0.2, 0.25) is 0 Å². The van der Waals surface area contributed by atoms with Crippen molar-refractivity contribution in [2.24, 2.45) is 0 Å². The molecule has 2 N–H and O–H groups in total. The van der Waals surface area contributed by atoms with E-state index in [0.717, 1.165) is 35.5 Å². The Kier molecular flexibility index (Phi) is 6.73. The van der Waals surface area contributed by atoms with E-state index in [0.29, 0.717) is 36.9 Å². The van der Waals surface area contributed by atoms with Crippen molar-refractivity contribution in [2.45, 2.75) is 58.3 Å². The van der Waals surface area contributed by atoms with Gasteiger partial charge in [0.25, 0.3) is 0 Å². The Bertz CT molecular complexity index is 1120. The largest absolute Gasteiger partial charge is 0.435 e. The van der Waals surface area contributed by atoms with Gasteiger partial charge in [-0.3, -0.25) is 9.36 Å². The van der Waals surface area contributed by atoms with Gasteiger partial charge in [-0.05, 0) is 57.0 Å². The molecule has 2 heterocycles. The van der Waals surface area contributed by atoms with Crippen LogP contribution in [0.25, 0.3) is 0 Å². The van der Waals surface area contributed by atoms with Crippen molar-refractivity contribution in [3.05, 3.63) is 64.7 Å². The van der Waals surface area contributed by atoms with Crippen LogP contribution in [0, 0.1) is 13.8 Å². The molecule has 2 aromatic heterocycles. The highest BCUT2D eigenvalue weighted by Crippen LogP contribution is 2.42. The monoisotopic (exact) mass is 476 g/mol. The van der Waals surface area contributed by atoms with Gasteiger partial charge in [-0.25, -0.2) is 0 Å². The summed E-state index contributed by atoms with van der Waals surface area (Å²) in [5, 5.41) is 15.2. The summed E-state index contributed by atoms with van der Waals surface area (Å²) in [5.74, 6) is 0.197. The third-order valence-electron chi connectivity index (χ3n) is 5.72. The predicted octanol–water partition coefficient (Wildman–Crippen LogP) is 5.02. The number of hydrogen-bond donors (Lipinski definition) is 2. The first-order valence-corrected chi connectivity index (χ1v) is 11.4. The lowest BCUT2D eigenvalue weighted by atomic mass is 10.2. The van der Waals surface area contributed by atoms with Gasteiger partial charge in [0, 0.05) is 24.7 Å². The summed E-state index contributed by atoms with van der Waals surface area (Å²) in [6, 6.07) is 11.3. The Morgan fingerprint density at radius 2 is 1.85 bits per heavy atom. The minimum atomic E-state index is -4.42. The molecule has 1 saturated carbocycles. The fourth-order valence-corrected chi connectivity index (χ4v) is 4.04. The molecule has 0 radical (unpaired) electrons. The minimum Gasteiger partial charge on any atom is -0.362 e. The summed E-state index contributed by atoms with van der Waals surface area (Å²) in [6.07, 6.45) is -1.97. The number of anilines is 1. The van der Waals surface area contributed by atoms with E-state index in [1.54, 1.807) is 0 Å². The summed E-state index contributed by atoms with van der Waals surface area (Å²) in [5.41, 5.74) is 3.71. The van der Waals surface area contributed by atoms with Crippen LogP contribution in [0.1, 0.15) is 53.5 Å².